The molecule has 1 saturated carbocycles. The van der Waals surface area contributed by atoms with E-state index in [9.17, 15) is 12.8 Å². The van der Waals surface area contributed by atoms with E-state index in [0.717, 1.165) is 17.7 Å². The maximum Gasteiger partial charge on any atom is 0.297 e. The molecule has 0 spiro atoms. The van der Waals surface area contributed by atoms with E-state index in [0.29, 0.717) is 12.8 Å². The molecule has 6 heteroatoms. The summed E-state index contributed by atoms with van der Waals surface area (Å²) in [5.41, 5.74) is -0.101. The van der Waals surface area contributed by atoms with Gasteiger partial charge in [-0.15, -0.1) is 0 Å². The van der Waals surface area contributed by atoms with Crippen LogP contribution in [0, 0.1) is 5.82 Å². The van der Waals surface area contributed by atoms with Crippen LogP contribution in [0.4, 0.5) is 4.39 Å². The van der Waals surface area contributed by atoms with Crippen molar-refractivity contribution in [2.24, 2.45) is 0 Å². The molecule has 0 N–H and O–H groups in total. The van der Waals surface area contributed by atoms with Crippen molar-refractivity contribution in [3.8, 4) is 0 Å². The summed E-state index contributed by atoms with van der Waals surface area (Å²) in [5.74, 6) is -0.490. The van der Waals surface area contributed by atoms with Gasteiger partial charge >= 0.3 is 0 Å². The highest BCUT2D eigenvalue weighted by Gasteiger charge is 2.76. The van der Waals surface area contributed by atoms with Crippen LogP contribution in [-0.2, 0) is 24.6 Å². The van der Waals surface area contributed by atoms with Crippen LogP contribution < -0.4 is 0 Å². The van der Waals surface area contributed by atoms with Gasteiger partial charge in [-0.25, -0.2) is 4.39 Å². The Hall–Kier alpha value is -1.76. The van der Waals surface area contributed by atoms with Crippen LogP contribution in [0.25, 0.3) is 0 Å². The van der Waals surface area contributed by atoms with Crippen LogP contribution in [0.2, 0.25) is 0 Å². The van der Waals surface area contributed by atoms with Gasteiger partial charge in [-0.05, 0) is 49.6 Å². The van der Waals surface area contributed by atoms with Crippen molar-refractivity contribution in [2.45, 2.75) is 42.0 Å². The van der Waals surface area contributed by atoms with E-state index in [-0.39, 0.29) is 4.90 Å². The zero-order chi connectivity index (χ0) is 17.0. The lowest BCUT2D eigenvalue weighted by Gasteiger charge is -2.17. The second-order valence-corrected chi connectivity index (χ2v) is 8.01. The Bertz CT molecular complexity index is 862. The van der Waals surface area contributed by atoms with Gasteiger partial charge in [0.2, 0.25) is 0 Å². The molecule has 2 fully saturated rings. The number of halogens is 1. The van der Waals surface area contributed by atoms with E-state index >= 15 is 0 Å². The Labute approximate surface area is 140 Å². The lowest BCUT2D eigenvalue weighted by molar-refractivity contribution is 0.0936. The van der Waals surface area contributed by atoms with E-state index in [4.69, 9.17) is 8.92 Å². The minimum atomic E-state index is -3.96. The zero-order valence-electron chi connectivity index (χ0n) is 13.1. The van der Waals surface area contributed by atoms with Gasteiger partial charge in [0.15, 0.2) is 0 Å². The van der Waals surface area contributed by atoms with Crippen LogP contribution in [0.3, 0.4) is 0 Å². The molecule has 2 aromatic carbocycles. The second kappa shape index (κ2) is 5.12. The minimum absolute atomic E-state index is 0.0506. The third-order valence-corrected chi connectivity index (χ3v) is 6.44. The molecule has 3 atom stereocenters. The summed E-state index contributed by atoms with van der Waals surface area (Å²) in [4.78, 5) is -0.0506. The van der Waals surface area contributed by atoms with Gasteiger partial charge in [-0.1, -0.05) is 30.3 Å². The number of benzene rings is 2. The molecule has 1 aliphatic carbocycles. The molecule has 4 nitrogen and oxygen atoms in total. The Morgan fingerprint density at radius 1 is 1.12 bits per heavy atom. The maximum absolute atomic E-state index is 13.0. The largest absolute Gasteiger partial charge is 0.355 e. The molecule has 4 rings (SSSR count). The molecule has 0 unspecified atom stereocenters. The van der Waals surface area contributed by atoms with Gasteiger partial charge in [0.05, 0.1) is 4.90 Å². The number of hydrogen-bond donors (Lipinski definition) is 0. The molecule has 1 saturated heterocycles. The average Bonchev–Trinajstić information content (AvgIpc) is 3.11. The van der Waals surface area contributed by atoms with Gasteiger partial charge < -0.3 is 4.74 Å². The van der Waals surface area contributed by atoms with Crippen molar-refractivity contribution in [3.05, 3.63) is 66.0 Å². The first-order valence-corrected chi connectivity index (χ1v) is 9.23. The number of ether oxygens (including phenoxy) is 1. The van der Waals surface area contributed by atoms with Gasteiger partial charge in [0.25, 0.3) is 10.1 Å². The number of epoxide rings is 1. The summed E-state index contributed by atoms with van der Waals surface area (Å²) in [6.07, 6.45) is 0.732. The standard InChI is InChI=1S/C18H17FO4S/c1-17-16(22-24(20,21)15-9-7-14(19)8-10-15)11-12-18(17,23-17)13-5-3-2-4-6-13/h2-10,16H,11-12H2,1H3/t16-,17-,18-/m1/s1. The molecule has 2 aliphatic rings. The smallest absolute Gasteiger partial charge is 0.297 e. The van der Waals surface area contributed by atoms with Gasteiger partial charge in [0.1, 0.15) is 23.1 Å². The summed E-state index contributed by atoms with van der Waals surface area (Å²) >= 11 is 0. The first kappa shape index (κ1) is 15.7. The molecule has 126 valence electrons. The third-order valence-electron chi connectivity index (χ3n) is 5.10. The Morgan fingerprint density at radius 3 is 2.42 bits per heavy atom. The van der Waals surface area contributed by atoms with Crippen molar-refractivity contribution in [1.82, 2.24) is 0 Å². The van der Waals surface area contributed by atoms with E-state index < -0.39 is 33.2 Å². The fraction of sp³-hybridized carbons (Fsp3) is 0.333. The molecule has 0 amide bonds. The number of rotatable bonds is 4. The van der Waals surface area contributed by atoms with Crippen LogP contribution in [0.1, 0.15) is 25.3 Å². The normalized spacial score (nSPS) is 31.7. The third kappa shape index (κ3) is 2.21. The van der Waals surface area contributed by atoms with Gasteiger partial charge in [0, 0.05) is 0 Å². The minimum Gasteiger partial charge on any atom is -0.355 e. The second-order valence-electron chi connectivity index (χ2n) is 6.43. The predicted molar refractivity (Wildman–Crippen MR) is 85.3 cm³/mol. The highest BCUT2D eigenvalue weighted by molar-refractivity contribution is 7.86. The average molecular weight is 348 g/mol. The fourth-order valence-corrected chi connectivity index (χ4v) is 4.88. The number of fused-ring (bicyclic) bond motifs is 1. The van der Waals surface area contributed by atoms with E-state index in [1.165, 1.54) is 12.1 Å². The summed E-state index contributed by atoms with van der Waals surface area (Å²) in [6, 6.07) is 14.4. The lowest BCUT2D eigenvalue weighted by atomic mass is 9.89. The van der Waals surface area contributed by atoms with Crippen LogP contribution in [0.5, 0.6) is 0 Å². The van der Waals surface area contributed by atoms with Crippen molar-refractivity contribution >= 4 is 10.1 Å². The van der Waals surface area contributed by atoms with Crippen molar-refractivity contribution < 1.29 is 21.7 Å². The summed E-state index contributed by atoms with van der Waals surface area (Å²) in [6.45, 7) is 1.89. The van der Waals surface area contributed by atoms with E-state index in [1.54, 1.807) is 0 Å². The van der Waals surface area contributed by atoms with Gasteiger partial charge in [-0.3, -0.25) is 4.18 Å². The molecule has 0 aromatic heterocycles. The molecule has 0 radical (unpaired) electrons. The van der Waals surface area contributed by atoms with E-state index in [2.05, 4.69) is 0 Å². The molecule has 24 heavy (non-hydrogen) atoms. The quantitative estimate of drug-likeness (QED) is 0.628. The predicted octanol–water partition coefficient (Wildman–Crippen LogP) is 3.38. The monoisotopic (exact) mass is 348 g/mol. The molecule has 1 aliphatic heterocycles. The Morgan fingerprint density at radius 2 is 1.79 bits per heavy atom. The summed E-state index contributed by atoms with van der Waals surface area (Å²) in [7, 11) is -3.96. The van der Waals surface area contributed by atoms with Crippen LogP contribution >= 0.6 is 0 Å². The van der Waals surface area contributed by atoms with Crippen molar-refractivity contribution in [3.63, 3.8) is 0 Å². The van der Waals surface area contributed by atoms with Crippen molar-refractivity contribution in [1.29, 1.82) is 0 Å². The highest BCUT2D eigenvalue weighted by Crippen LogP contribution is 2.66. The zero-order valence-corrected chi connectivity index (χ0v) is 13.9. The molecule has 2 aromatic rings. The van der Waals surface area contributed by atoms with Gasteiger partial charge in [-0.2, -0.15) is 8.42 Å². The first-order valence-electron chi connectivity index (χ1n) is 7.82. The maximum atomic E-state index is 13.0. The van der Waals surface area contributed by atoms with Crippen molar-refractivity contribution in [2.75, 3.05) is 0 Å². The highest BCUT2D eigenvalue weighted by atomic mass is 32.2. The summed E-state index contributed by atoms with van der Waals surface area (Å²) < 4.78 is 49.3. The first-order chi connectivity index (χ1) is 11.4. The summed E-state index contributed by atoms with van der Waals surface area (Å²) in [5, 5.41) is 0. The topological polar surface area (TPSA) is 55.9 Å². The molecule has 1 heterocycles. The Balaban J connectivity index is 1.58. The van der Waals surface area contributed by atoms with E-state index in [1.807, 2.05) is 37.3 Å². The SMILES string of the molecule is C[C@]12O[C@@]1(c1ccccc1)CC[C@H]2OS(=O)(=O)c1ccc(F)cc1. The molecular formula is C18H17FO4S. The van der Waals surface area contributed by atoms with Crippen LogP contribution in [0.15, 0.2) is 59.5 Å². The fourth-order valence-electron chi connectivity index (χ4n) is 3.72. The Kier molecular flexibility index (Phi) is 3.36. The van der Waals surface area contributed by atoms with Crippen LogP contribution in [-0.4, -0.2) is 20.1 Å². The number of hydrogen-bond acceptors (Lipinski definition) is 4. The molecule has 0 bridgehead atoms. The molecular weight excluding hydrogens is 331 g/mol. The lowest BCUT2D eigenvalue weighted by Crippen LogP contribution is -2.31.